The van der Waals surface area contributed by atoms with Gasteiger partial charge in [-0.05, 0) is 36.9 Å². The Bertz CT molecular complexity index is 554. The Morgan fingerprint density at radius 2 is 2.15 bits per heavy atom. The van der Waals surface area contributed by atoms with E-state index < -0.39 is 0 Å². The van der Waals surface area contributed by atoms with E-state index in [2.05, 4.69) is 5.32 Å². The Balaban J connectivity index is 2.16. The molecule has 1 atom stereocenters. The molecule has 0 unspecified atom stereocenters. The van der Waals surface area contributed by atoms with E-state index >= 15 is 0 Å². The lowest BCUT2D eigenvalue weighted by molar-refractivity contribution is 0.0920. The molecule has 0 spiro atoms. The van der Waals surface area contributed by atoms with Gasteiger partial charge >= 0.3 is 0 Å². The van der Waals surface area contributed by atoms with Crippen molar-refractivity contribution in [1.29, 1.82) is 0 Å². The molecule has 2 aromatic rings. The van der Waals surface area contributed by atoms with E-state index in [1.165, 1.54) is 11.8 Å². The maximum Gasteiger partial charge on any atom is 0.253 e. The summed E-state index contributed by atoms with van der Waals surface area (Å²) < 4.78 is 5.31. The van der Waals surface area contributed by atoms with E-state index in [9.17, 15) is 4.79 Å². The van der Waals surface area contributed by atoms with E-state index in [1.54, 1.807) is 24.5 Å². The van der Waals surface area contributed by atoms with Crippen LogP contribution in [0, 0.1) is 0 Å². The van der Waals surface area contributed by atoms with Gasteiger partial charge in [0, 0.05) is 11.5 Å². The molecular weight excluding hydrogens is 274 g/mol. The zero-order chi connectivity index (χ0) is 14.4. The van der Waals surface area contributed by atoms with Crippen LogP contribution in [-0.4, -0.2) is 23.9 Å². The lowest BCUT2D eigenvalue weighted by atomic mass is 10.1. The summed E-state index contributed by atoms with van der Waals surface area (Å²) in [5, 5.41) is 12.0. The number of thioether (sulfide) groups is 1. The quantitative estimate of drug-likeness (QED) is 0.803. The molecule has 1 amide bonds. The third-order valence-electron chi connectivity index (χ3n) is 2.96. The Morgan fingerprint density at radius 3 is 2.80 bits per heavy atom. The predicted molar refractivity (Wildman–Crippen MR) is 78.8 cm³/mol. The molecule has 0 fully saturated rings. The zero-order valence-electron chi connectivity index (χ0n) is 11.2. The standard InChI is InChI=1S/C15H17NO3S/c1-20-14-7-3-2-5-11(14)15(18)16-12(8-9-17)13-6-4-10-19-13/h2-7,10,12,17H,8-9H2,1H3,(H,16,18)/t12-/m0/s1. The smallest absolute Gasteiger partial charge is 0.253 e. The van der Waals surface area contributed by atoms with Crippen LogP contribution in [0.15, 0.2) is 52.0 Å². The van der Waals surface area contributed by atoms with Gasteiger partial charge in [-0.25, -0.2) is 0 Å². The first-order valence-corrected chi connectivity index (χ1v) is 7.57. The first-order valence-electron chi connectivity index (χ1n) is 6.34. The number of furan rings is 1. The van der Waals surface area contributed by atoms with Crippen LogP contribution in [0.5, 0.6) is 0 Å². The summed E-state index contributed by atoms with van der Waals surface area (Å²) in [5.41, 5.74) is 0.634. The summed E-state index contributed by atoms with van der Waals surface area (Å²) in [6.45, 7) is -0.0180. The van der Waals surface area contributed by atoms with Crippen LogP contribution < -0.4 is 5.32 Å². The van der Waals surface area contributed by atoms with Gasteiger partial charge in [-0.3, -0.25) is 4.79 Å². The second kappa shape index (κ2) is 7.17. The van der Waals surface area contributed by atoms with Crippen LogP contribution >= 0.6 is 11.8 Å². The van der Waals surface area contributed by atoms with E-state index in [0.29, 0.717) is 17.7 Å². The number of rotatable bonds is 6. The highest BCUT2D eigenvalue weighted by atomic mass is 32.2. The van der Waals surface area contributed by atoms with Crippen LogP contribution in [0.4, 0.5) is 0 Å². The zero-order valence-corrected chi connectivity index (χ0v) is 12.0. The van der Waals surface area contributed by atoms with Crippen LogP contribution in [0.2, 0.25) is 0 Å². The minimum atomic E-state index is -0.322. The van der Waals surface area contributed by atoms with Crippen molar-refractivity contribution in [3.63, 3.8) is 0 Å². The molecule has 0 saturated carbocycles. The molecule has 0 bridgehead atoms. The number of carbonyl (C=O) groups is 1. The Labute approximate surface area is 122 Å². The number of hydrogen-bond donors (Lipinski definition) is 2. The fraction of sp³-hybridized carbons (Fsp3) is 0.267. The summed E-state index contributed by atoms with van der Waals surface area (Å²) in [7, 11) is 0. The fourth-order valence-corrected chi connectivity index (χ4v) is 2.57. The van der Waals surface area contributed by atoms with Crippen molar-refractivity contribution in [2.75, 3.05) is 12.9 Å². The normalized spacial score (nSPS) is 12.1. The molecule has 2 rings (SSSR count). The SMILES string of the molecule is CSc1ccccc1C(=O)N[C@@H](CCO)c1ccco1. The van der Waals surface area contributed by atoms with Crippen LogP contribution in [0.3, 0.4) is 0 Å². The van der Waals surface area contributed by atoms with Crippen molar-refractivity contribution in [3.8, 4) is 0 Å². The van der Waals surface area contributed by atoms with Gasteiger partial charge < -0.3 is 14.8 Å². The number of nitrogens with one attached hydrogen (secondary N) is 1. The molecule has 0 saturated heterocycles. The topological polar surface area (TPSA) is 62.5 Å². The van der Waals surface area contributed by atoms with Gasteiger partial charge in [-0.1, -0.05) is 12.1 Å². The molecule has 2 N–H and O–H groups in total. The largest absolute Gasteiger partial charge is 0.467 e. The van der Waals surface area contributed by atoms with Crippen molar-refractivity contribution in [2.45, 2.75) is 17.4 Å². The first-order chi connectivity index (χ1) is 9.76. The number of amides is 1. The number of benzene rings is 1. The highest BCUT2D eigenvalue weighted by molar-refractivity contribution is 7.98. The maximum absolute atomic E-state index is 12.4. The molecule has 5 heteroatoms. The molecule has 20 heavy (non-hydrogen) atoms. The van der Waals surface area contributed by atoms with Gasteiger partial charge in [0.15, 0.2) is 0 Å². The van der Waals surface area contributed by atoms with Crippen LogP contribution in [0.25, 0.3) is 0 Å². The Morgan fingerprint density at radius 1 is 1.35 bits per heavy atom. The fourth-order valence-electron chi connectivity index (χ4n) is 1.97. The van der Waals surface area contributed by atoms with E-state index in [1.807, 2.05) is 24.5 Å². The first kappa shape index (κ1) is 14.7. The van der Waals surface area contributed by atoms with Gasteiger partial charge in [0.25, 0.3) is 5.91 Å². The second-order valence-electron chi connectivity index (χ2n) is 4.25. The molecule has 1 aromatic carbocycles. The highest BCUT2D eigenvalue weighted by Gasteiger charge is 2.19. The third-order valence-corrected chi connectivity index (χ3v) is 3.76. The lowest BCUT2D eigenvalue weighted by Gasteiger charge is -2.16. The lowest BCUT2D eigenvalue weighted by Crippen LogP contribution is -2.29. The third kappa shape index (κ3) is 3.43. The average molecular weight is 291 g/mol. The monoisotopic (exact) mass is 291 g/mol. The molecule has 0 aliphatic heterocycles. The van der Waals surface area contributed by atoms with Crippen molar-refractivity contribution < 1.29 is 14.3 Å². The number of hydrogen-bond acceptors (Lipinski definition) is 4. The van der Waals surface area contributed by atoms with Crippen LogP contribution in [-0.2, 0) is 0 Å². The van der Waals surface area contributed by atoms with Crippen molar-refractivity contribution in [2.24, 2.45) is 0 Å². The molecule has 1 aromatic heterocycles. The summed E-state index contributed by atoms with van der Waals surface area (Å²) in [6, 6.07) is 10.7. The summed E-state index contributed by atoms with van der Waals surface area (Å²) in [4.78, 5) is 13.3. The molecule has 0 aliphatic carbocycles. The highest BCUT2D eigenvalue weighted by Crippen LogP contribution is 2.22. The van der Waals surface area contributed by atoms with Gasteiger partial charge in [0.1, 0.15) is 5.76 Å². The molecular formula is C15H17NO3S. The molecule has 1 heterocycles. The average Bonchev–Trinajstić information content (AvgIpc) is 3.00. The number of aliphatic hydroxyl groups is 1. The van der Waals surface area contributed by atoms with Gasteiger partial charge in [-0.15, -0.1) is 11.8 Å². The van der Waals surface area contributed by atoms with E-state index in [0.717, 1.165) is 4.90 Å². The molecule has 106 valence electrons. The Hall–Kier alpha value is -1.72. The van der Waals surface area contributed by atoms with Crippen LogP contribution in [0.1, 0.15) is 28.6 Å². The summed E-state index contributed by atoms with van der Waals surface area (Å²) in [5.74, 6) is 0.485. The maximum atomic E-state index is 12.4. The molecule has 0 aliphatic rings. The second-order valence-corrected chi connectivity index (χ2v) is 5.10. The number of aliphatic hydroxyl groups excluding tert-OH is 1. The van der Waals surface area contributed by atoms with E-state index in [-0.39, 0.29) is 18.6 Å². The summed E-state index contributed by atoms with van der Waals surface area (Å²) >= 11 is 1.53. The van der Waals surface area contributed by atoms with E-state index in [4.69, 9.17) is 9.52 Å². The predicted octanol–water partition coefficient (Wildman–Crippen LogP) is 2.86. The van der Waals surface area contributed by atoms with Gasteiger partial charge in [0.05, 0.1) is 17.9 Å². The molecule has 0 radical (unpaired) electrons. The Kier molecular flexibility index (Phi) is 5.26. The minimum absolute atomic E-state index is 0.0180. The van der Waals surface area contributed by atoms with Crippen molar-refractivity contribution in [3.05, 3.63) is 54.0 Å². The molecule has 4 nitrogen and oxygen atoms in total. The van der Waals surface area contributed by atoms with Gasteiger partial charge in [-0.2, -0.15) is 0 Å². The van der Waals surface area contributed by atoms with Gasteiger partial charge in [0.2, 0.25) is 0 Å². The minimum Gasteiger partial charge on any atom is -0.467 e. The number of carbonyl (C=O) groups excluding carboxylic acids is 1. The summed E-state index contributed by atoms with van der Waals surface area (Å²) in [6.07, 6.45) is 3.91. The van der Waals surface area contributed by atoms with Crippen molar-refractivity contribution >= 4 is 17.7 Å². The van der Waals surface area contributed by atoms with Crippen molar-refractivity contribution in [1.82, 2.24) is 5.32 Å².